The number of aryl methyl sites for hydroxylation is 2. The number of piperidine rings is 1. The Morgan fingerprint density at radius 2 is 2.33 bits per heavy atom. The average Bonchev–Trinajstić information content (AvgIpc) is 2.66. The first-order chi connectivity index (χ1) is 8.54. The number of nitro groups is 1. The molecule has 0 aliphatic carbocycles. The van der Waals surface area contributed by atoms with Gasteiger partial charge in [-0.05, 0) is 19.3 Å². The fourth-order valence-electron chi connectivity index (χ4n) is 2.54. The molecule has 0 amide bonds. The van der Waals surface area contributed by atoms with E-state index >= 15 is 0 Å². The van der Waals surface area contributed by atoms with Gasteiger partial charge >= 0.3 is 5.69 Å². The summed E-state index contributed by atoms with van der Waals surface area (Å²) in [6.45, 7) is 3.34. The molecular weight excluding hydrogens is 234 g/mol. The van der Waals surface area contributed by atoms with Gasteiger partial charge in [0.25, 0.3) is 0 Å². The minimum absolute atomic E-state index is 0.0818. The number of nitrogens with two attached hydrogens (primary N) is 1. The SMILES string of the molecule is CCc1nn(C)c(N2CCCC(N)C2)c1[N+](=O)[O-]. The lowest BCUT2D eigenvalue weighted by molar-refractivity contribution is -0.384. The predicted molar refractivity (Wildman–Crippen MR) is 68.7 cm³/mol. The molecule has 0 aromatic carbocycles. The minimum atomic E-state index is -0.332. The number of hydrogen-bond donors (Lipinski definition) is 1. The molecule has 0 bridgehead atoms. The molecule has 18 heavy (non-hydrogen) atoms. The van der Waals surface area contributed by atoms with Crippen molar-refractivity contribution in [1.82, 2.24) is 9.78 Å². The van der Waals surface area contributed by atoms with Gasteiger partial charge in [0, 0.05) is 26.2 Å². The lowest BCUT2D eigenvalue weighted by Crippen LogP contribution is -2.43. The van der Waals surface area contributed by atoms with Gasteiger partial charge in [-0.1, -0.05) is 6.92 Å². The Kier molecular flexibility index (Phi) is 3.51. The van der Waals surface area contributed by atoms with Gasteiger partial charge in [-0.15, -0.1) is 0 Å². The van der Waals surface area contributed by atoms with Crippen LogP contribution in [0.25, 0.3) is 0 Å². The molecule has 0 spiro atoms. The summed E-state index contributed by atoms with van der Waals surface area (Å²) >= 11 is 0. The number of nitrogens with zero attached hydrogens (tertiary/aromatic N) is 4. The Balaban J connectivity index is 2.42. The van der Waals surface area contributed by atoms with Gasteiger partial charge in [0.1, 0.15) is 5.69 Å². The second-order valence-electron chi connectivity index (χ2n) is 4.70. The molecule has 0 radical (unpaired) electrons. The quantitative estimate of drug-likeness (QED) is 0.636. The third-order valence-corrected chi connectivity index (χ3v) is 3.34. The van der Waals surface area contributed by atoms with Crippen LogP contribution in [0.1, 0.15) is 25.5 Å². The molecule has 7 nitrogen and oxygen atoms in total. The summed E-state index contributed by atoms with van der Waals surface area (Å²) in [6.07, 6.45) is 2.50. The zero-order valence-corrected chi connectivity index (χ0v) is 10.8. The van der Waals surface area contributed by atoms with Gasteiger partial charge in [0.15, 0.2) is 0 Å². The van der Waals surface area contributed by atoms with Crippen LogP contribution in [0.15, 0.2) is 0 Å². The maximum absolute atomic E-state index is 11.2. The van der Waals surface area contributed by atoms with Gasteiger partial charge in [-0.3, -0.25) is 10.1 Å². The van der Waals surface area contributed by atoms with Crippen LogP contribution in [0.2, 0.25) is 0 Å². The third-order valence-electron chi connectivity index (χ3n) is 3.34. The summed E-state index contributed by atoms with van der Waals surface area (Å²) in [6, 6.07) is 0.0818. The second kappa shape index (κ2) is 4.93. The van der Waals surface area contributed by atoms with Crippen molar-refractivity contribution >= 4 is 11.5 Å². The molecule has 1 fully saturated rings. The Bertz CT molecular complexity index is 457. The van der Waals surface area contributed by atoms with E-state index in [1.165, 1.54) is 0 Å². The van der Waals surface area contributed by atoms with Crippen molar-refractivity contribution in [3.63, 3.8) is 0 Å². The lowest BCUT2D eigenvalue weighted by Gasteiger charge is -2.31. The number of anilines is 1. The van der Waals surface area contributed by atoms with Gasteiger partial charge in [-0.2, -0.15) is 5.10 Å². The maximum atomic E-state index is 11.2. The van der Waals surface area contributed by atoms with Crippen LogP contribution in [0, 0.1) is 10.1 Å². The Labute approximate surface area is 106 Å². The van der Waals surface area contributed by atoms with E-state index in [-0.39, 0.29) is 16.7 Å². The number of aromatic nitrogens is 2. The largest absolute Gasteiger partial charge is 0.350 e. The second-order valence-corrected chi connectivity index (χ2v) is 4.70. The van der Waals surface area contributed by atoms with Crippen LogP contribution in [0.3, 0.4) is 0 Å². The monoisotopic (exact) mass is 253 g/mol. The lowest BCUT2D eigenvalue weighted by atomic mass is 10.1. The maximum Gasteiger partial charge on any atom is 0.334 e. The van der Waals surface area contributed by atoms with Crippen molar-refractivity contribution in [2.45, 2.75) is 32.2 Å². The normalized spacial score (nSPS) is 20.2. The van der Waals surface area contributed by atoms with E-state index in [4.69, 9.17) is 5.73 Å². The molecule has 2 rings (SSSR count). The summed E-state index contributed by atoms with van der Waals surface area (Å²) < 4.78 is 1.61. The Morgan fingerprint density at radius 3 is 2.89 bits per heavy atom. The highest BCUT2D eigenvalue weighted by atomic mass is 16.6. The highest BCUT2D eigenvalue weighted by Gasteiger charge is 2.31. The van der Waals surface area contributed by atoms with Gasteiger partial charge < -0.3 is 10.6 Å². The zero-order valence-electron chi connectivity index (χ0n) is 10.8. The Morgan fingerprint density at radius 1 is 1.61 bits per heavy atom. The standard InChI is InChI=1S/C11H19N5O2/c1-3-9-10(16(17)18)11(14(2)13-9)15-6-4-5-8(12)7-15/h8H,3-7,12H2,1-2H3. The summed E-state index contributed by atoms with van der Waals surface area (Å²) in [5.74, 6) is 0.590. The molecule has 7 heteroatoms. The smallest absolute Gasteiger partial charge is 0.334 e. The van der Waals surface area contributed by atoms with Crippen molar-refractivity contribution < 1.29 is 4.92 Å². The topological polar surface area (TPSA) is 90.2 Å². The number of hydrogen-bond acceptors (Lipinski definition) is 5. The van der Waals surface area contributed by atoms with Crippen LogP contribution >= 0.6 is 0 Å². The van der Waals surface area contributed by atoms with E-state index in [1.807, 2.05) is 11.8 Å². The van der Waals surface area contributed by atoms with Crippen LogP contribution in [0.4, 0.5) is 11.5 Å². The molecule has 1 atom stereocenters. The number of rotatable bonds is 3. The van der Waals surface area contributed by atoms with Gasteiger partial charge in [-0.25, -0.2) is 4.68 Å². The predicted octanol–water partition coefficient (Wildman–Crippen LogP) is 0.818. The van der Waals surface area contributed by atoms with Gasteiger partial charge in [0.05, 0.1) is 4.92 Å². The molecule has 0 saturated carbocycles. The van der Waals surface area contributed by atoms with E-state index in [9.17, 15) is 10.1 Å². The molecule has 2 N–H and O–H groups in total. The van der Waals surface area contributed by atoms with Crippen molar-refractivity contribution in [1.29, 1.82) is 0 Å². The van der Waals surface area contributed by atoms with E-state index in [1.54, 1.807) is 11.7 Å². The molecule has 1 aliphatic heterocycles. The average molecular weight is 253 g/mol. The Hall–Kier alpha value is -1.63. The van der Waals surface area contributed by atoms with Crippen molar-refractivity contribution in [2.75, 3.05) is 18.0 Å². The molecule has 1 aromatic heterocycles. The first-order valence-electron chi connectivity index (χ1n) is 6.25. The molecule has 100 valence electrons. The molecular formula is C11H19N5O2. The van der Waals surface area contributed by atoms with Crippen LogP contribution in [-0.4, -0.2) is 33.8 Å². The highest BCUT2D eigenvalue weighted by Crippen LogP contribution is 2.33. The summed E-state index contributed by atoms with van der Waals surface area (Å²) in [4.78, 5) is 12.9. The van der Waals surface area contributed by atoms with Crippen LogP contribution in [0.5, 0.6) is 0 Å². The fourth-order valence-corrected chi connectivity index (χ4v) is 2.54. The first kappa shape index (κ1) is 12.8. The molecule has 1 aliphatic rings. The summed E-state index contributed by atoms with van der Waals surface area (Å²) in [5.41, 5.74) is 6.61. The van der Waals surface area contributed by atoms with Crippen molar-refractivity contribution in [3.05, 3.63) is 15.8 Å². The third kappa shape index (κ3) is 2.17. The van der Waals surface area contributed by atoms with Crippen LogP contribution < -0.4 is 10.6 Å². The molecule has 1 saturated heterocycles. The minimum Gasteiger partial charge on any atom is -0.350 e. The molecule has 1 aromatic rings. The summed E-state index contributed by atoms with van der Waals surface area (Å²) in [7, 11) is 1.75. The van der Waals surface area contributed by atoms with E-state index in [0.717, 1.165) is 19.4 Å². The van der Waals surface area contributed by atoms with E-state index in [0.29, 0.717) is 24.5 Å². The molecule has 1 unspecified atom stereocenters. The van der Waals surface area contributed by atoms with Crippen LogP contribution in [-0.2, 0) is 13.5 Å². The first-order valence-corrected chi connectivity index (χ1v) is 6.25. The molecule has 2 heterocycles. The van der Waals surface area contributed by atoms with E-state index < -0.39 is 0 Å². The highest BCUT2D eigenvalue weighted by molar-refractivity contribution is 5.62. The van der Waals surface area contributed by atoms with Crippen molar-refractivity contribution in [3.8, 4) is 0 Å². The summed E-state index contributed by atoms with van der Waals surface area (Å²) in [5, 5.41) is 15.5. The van der Waals surface area contributed by atoms with Crippen molar-refractivity contribution in [2.24, 2.45) is 12.8 Å². The zero-order chi connectivity index (χ0) is 13.3. The van der Waals surface area contributed by atoms with E-state index in [2.05, 4.69) is 5.10 Å². The fraction of sp³-hybridized carbons (Fsp3) is 0.727. The van der Waals surface area contributed by atoms with Gasteiger partial charge in [0.2, 0.25) is 5.82 Å².